The summed E-state index contributed by atoms with van der Waals surface area (Å²) in [6.45, 7) is 8.79. The van der Waals surface area contributed by atoms with E-state index in [1.165, 1.54) is 6.07 Å². The predicted molar refractivity (Wildman–Crippen MR) is 76.5 cm³/mol. The molecule has 0 aliphatic heterocycles. The topological polar surface area (TPSA) is 12.0 Å². The van der Waals surface area contributed by atoms with Gasteiger partial charge in [0.1, 0.15) is 5.82 Å². The van der Waals surface area contributed by atoms with E-state index in [1.807, 2.05) is 27.7 Å². The van der Waals surface area contributed by atoms with Gasteiger partial charge in [-0.2, -0.15) is 13.2 Å². The first-order valence-corrected chi connectivity index (χ1v) is 7.14. The summed E-state index contributed by atoms with van der Waals surface area (Å²) in [5.74, 6) is -1.23. The lowest BCUT2D eigenvalue weighted by Gasteiger charge is -2.28. The molecular formula is C16H23F4N. The molecule has 1 rings (SSSR count). The first kappa shape index (κ1) is 18.0. The third-order valence-electron chi connectivity index (χ3n) is 3.16. The average Bonchev–Trinajstić information content (AvgIpc) is 2.32. The van der Waals surface area contributed by atoms with Gasteiger partial charge in [0.15, 0.2) is 0 Å². The molecule has 1 aromatic rings. The largest absolute Gasteiger partial charge is 0.419 e. The third kappa shape index (κ3) is 5.65. The Morgan fingerprint density at radius 1 is 1.14 bits per heavy atom. The molecule has 5 heteroatoms. The van der Waals surface area contributed by atoms with Crippen LogP contribution in [-0.2, 0) is 6.18 Å². The molecule has 0 aliphatic carbocycles. The Morgan fingerprint density at radius 2 is 1.76 bits per heavy atom. The summed E-state index contributed by atoms with van der Waals surface area (Å²) < 4.78 is 51.8. The zero-order valence-electron chi connectivity index (χ0n) is 12.9. The quantitative estimate of drug-likeness (QED) is 0.726. The van der Waals surface area contributed by atoms with Crippen molar-refractivity contribution in [2.45, 2.75) is 52.8 Å². The lowest BCUT2D eigenvalue weighted by atomic mass is 9.85. The van der Waals surface area contributed by atoms with Crippen molar-refractivity contribution >= 4 is 0 Å². The van der Waals surface area contributed by atoms with Crippen LogP contribution in [0.15, 0.2) is 18.2 Å². The molecule has 1 N–H and O–H groups in total. The van der Waals surface area contributed by atoms with Crippen LogP contribution in [-0.4, -0.2) is 6.54 Å². The molecule has 0 spiro atoms. The average molecular weight is 305 g/mol. The van der Waals surface area contributed by atoms with Crippen molar-refractivity contribution < 1.29 is 17.6 Å². The van der Waals surface area contributed by atoms with E-state index in [0.29, 0.717) is 18.5 Å². The molecular weight excluding hydrogens is 282 g/mol. The third-order valence-corrected chi connectivity index (χ3v) is 3.16. The molecule has 1 unspecified atom stereocenters. The number of rotatable bonds is 5. The standard InChI is InChI=1S/C16H23F4N/c1-5-8-21-14(10-15(2,3)4)11-6-7-13(17)12(9-11)16(18,19)20/h6-7,9,14,21H,5,8,10H2,1-4H3. The second-order valence-corrected chi connectivity index (χ2v) is 6.51. The number of hydrogen-bond donors (Lipinski definition) is 1. The van der Waals surface area contributed by atoms with Crippen LogP contribution in [0.1, 0.15) is 57.7 Å². The Morgan fingerprint density at radius 3 is 2.24 bits per heavy atom. The van der Waals surface area contributed by atoms with Gasteiger partial charge in [-0.3, -0.25) is 0 Å². The summed E-state index contributed by atoms with van der Waals surface area (Å²) in [6.07, 6.45) is -3.11. The number of halogens is 4. The van der Waals surface area contributed by atoms with Crippen LogP contribution in [0.5, 0.6) is 0 Å². The van der Waals surface area contributed by atoms with Crippen molar-refractivity contribution in [3.8, 4) is 0 Å². The van der Waals surface area contributed by atoms with Crippen LogP contribution < -0.4 is 5.32 Å². The van der Waals surface area contributed by atoms with E-state index in [-0.39, 0.29) is 11.5 Å². The van der Waals surface area contributed by atoms with Crippen LogP contribution in [0.25, 0.3) is 0 Å². The normalized spacial score (nSPS) is 14.3. The number of benzene rings is 1. The van der Waals surface area contributed by atoms with E-state index in [0.717, 1.165) is 18.6 Å². The van der Waals surface area contributed by atoms with Crippen molar-refractivity contribution in [3.05, 3.63) is 35.1 Å². The molecule has 0 heterocycles. The zero-order chi connectivity index (χ0) is 16.3. The molecule has 0 saturated heterocycles. The van der Waals surface area contributed by atoms with Crippen molar-refractivity contribution in [2.24, 2.45) is 5.41 Å². The van der Waals surface area contributed by atoms with E-state index in [1.54, 1.807) is 0 Å². The first-order valence-electron chi connectivity index (χ1n) is 7.14. The summed E-state index contributed by atoms with van der Waals surface area (Å²) in [5, 5.41) is 3.25. The van der Waals surface area contributed by atoms with E-state index in [2.05, 4.69) is 5.32 Å². The van der Waals surface area contributed by atoms with Crippen LogP contribution >= 0.6 is 0 Å². The van der Waals surface area contributed by atoms with Gasteiger partial charge in [-0.1, -0.05) is 33.8 Å². The number of nitrogens with one attached hydrogen (secondary N) is 1. The van der Waals surface area contributed by atoms with Crippen LogP contribution in [0.4, 0.5) is 17.6 Å². The van der Waals surface area contributed by atoms with Gasteiger partial charge in [0.05, 0.1) is 5.56 Å². The minimum atomic E-state index is -4.67. The van der Waals surface area contributed by atoms with E-state index in [9.17, 15) is 17.6 Å². The van der Waals surface area contributed by atoms with Crippen LogP contribution in [0.2, 0.25) is 0 Å². The van der Waals surface area contributed by atoms with Crippen molar-refractivity contribution in [1.82, 2.24) is 5.32 Å². The van der Waals surface area contributed by atoms with Crippen LogP contribution in [0, 0.1) is 11.2 Å². The summed E-state index contributed by atoms with van der Waals surface area (Å²) in [5.41, 5.74) is -0.762. The van der Waals surface area contributed by atoms with Crippen molar-refractivity contribution in [3.63, 3.8) is 0 Å². The van der Waals surface area contributed by atoms with Crippen molar-refractivity contribution in [2.75, 3.05) is 6.54 Å². The van der Waals surface area contributed by atoms with Gasteiger partial charge in [-0.05, 0) is 42.5 Å². The SMILES string of the molecule is CCCNC(CC(C)(C)C)c1ccc(F)c(C(F)(F)F)c1. The van der Waals surface area contributed by atoms with Gasteiger partial charge in [-0.25, -0.2) is 4.39 Å². The van der Waals surface area contributed by atoms with Gasteiger partial charge < -0.3 is 5.32 Å². The molecule has 0 fully saturated rings. The summed E-state index contributed by atoms with van der Waals surface area (Å²) in [4.78, 5) is 0. The van der Waals surface area contributed by atoms with Crippen molar-refractivity contribution in [1.29, 1.82) is 0 Å². The monoisotopic (exact) mass is 305 g/mol. The Bertz CT molecular complexity index is 460. The Kier molecular flexibility index (Phi) is 5.79. The molecule has 0 saturated carbocycles. The minimum absolute atomic E-state index is 0.0435. The summed E-state index contributed by atoms with van der Waals surface area (Å²) >= 11 is 0. The first-order chi connectivity index (χ1) is 9.54. The smallest absolute Gasteiger partial charge is 0.310 e. The predicted octanol–water partition coefficient (Wildman–Crippen LogP) is 5.32. The highest BCUT2D eigenvalue weighted by molar-refractivity contribution is 5.29. The molecule has 0 radical (unpaired) electrons. The molecule has 1 nitrogen and oxygen atoms in total. The Hall–Kier alpha value is -1.10. The fourth-order valence-corrected chi connectivity index (χ4v) is 2.22. The summed E-state index contributed by atoms with van der Waals surface area (Å²) in [6, 6.07) is 3.05. The van der Waals surface area contributed by atoms with Gasteiger partial charge in [0.2, 0.25) is 0 Å². The highest BCUT2D eigenvalue weighted by Gasteiger charge is 2.35. The molecule has 21 heavy (non-hydrogen) atoms. The molecule has 0 amide bonds. The number of hydrogen-bond acceptors (Lipinski definition) is 1. The highest BCUT2D eigenvalue weighted by Crippen LogP contribution is 2.35. The maximum atomic E-state index is 13.4. The highest BCUT2D eigenvalue weighted by atomic mass is 19.4. The Balaban J connectivity index is 3.12. The molecule has 0 bridgehead atoms. The Labute approximate surface area is 123 Å². The van der Waals surface area contributed by atoms with Gasteiger partial charge in [0, 0.05) is 6.04 Å². The maximum Gasteiger partial charge on any atom is 0.419 e. The molecule has 1 aromatic carbocycles. The van der Waals surface area contributed by atoms with Gasteiger partial charge in [-0.15, -0.1) is 0 Å². The fourth-order valence-electron chi connectivity index (χ4n) is 2.22. The second kappa shape index (κ2) is 6.77. The van der Waals surface area contributed by atoms with E-state index < -0.39 is 17.6 Å². The lowest BCUT2D eigenvalue weighted by molar-refractivity contribution is -0.140. The molecule has 1 atom stereocenters. The van der Waals surface area contributed by atoms with E-state index in [4.69, 9.17) is 0 Å². The van der Waals surface area contributed by atoms with Gasteiger partial charge >= 0.3 is 6.18 Å². The maximum absolute atomic E-state index is 13.4. The number of alkyl halides is 3. The lowest BCUT2D eigenvalue weighted by Crippen LogP contribution is -2.27. The zero-order valence-corrected chi connectivity index (χ0v) is 12.9. The van der Waals surface area contributed by atoms with Gasteiger partial charge in [0.25, 0.3) is 0 Å². The molecule has 120 valence electrons. The fraction of sp³-hybridized carbons (Fsp3) is 0.625. The second-order valence-electron chi connectivity index (χ2n) is 6.51. The molecule has 0 aliphatic rings. The van der Waals surface area contributed by atoms with Crippen LogP contribution in [0.3, 0.4) is 0 Å². The minimum Gasteiger partial charge on any atom is -0.310 e. The summed E-state index contributed by atoms with van der Waals surface area (Å²) in [7, 11) is 0. The van der Waals surface area contributed by atoms with E-state index >= 15 is 0 Å². The molecule has 0 aromatic heterocycles.